The molecule has 0 aliphatic heterocycles. The molecule has 0 radical (unpaired) electrons. The maximum Gasteiger partial charge on any atom is 0.00385 e. The van der Waals surface area contributed by atoms with Crippen molar-refractivity contribution < 1.29 is 0 Å². The first-order chi connectivity index (χ1) is 7.25. The number of hydrogen-bond acceptors (Lipinski definition) is 1. The monoisotopic (exact) mass is 237 g/mol. The zero-order valence-electron chi connectivity index (χ0n) is 10.0. The molecule has 1 aromatic rings. The molecule has 1 unspecified atom stereocenters. The number of halogens is 1. The average Bonchev–Trinajstić information content (AvgIpc) is 2.41. The summed E-state index contributed by atoms with van der Waals surface area (Å²) in [5.74, 6) is 0.701. The molecule has 16 heavy (non-hydrogen) atoms. The number of fused-ring (bicyclic) bond motifs is 1. The smallest absolute Gasteiger partial charge is 0.00385 e. The van der Waals surface area contributed by atoms with Crippen LogP contribution in [0.3, 0.4) is 0 Å². The van der Waals surface area contributed by atoms with Crippen LogP contribution in [-0.2, 0) is 6.42 Å². The van der Waals surface area contributed by atoms with Crippen LogP contribution in [0.25, 0.3) is 6.08 Å². The van der Waals surface area contributed by atoms with Gasteiger partial charge < -0.3 is 4.90 Å². The second kappa shape index (κ2) is 6.07. The molecule has 0 aromatic heterocycles. The van der Waals surface area contributed by atoms with Crippen molar-refractivity contribution in [2.45, 2.75) is 12.8 Å². The van der Waals surface area contributed by atoms with Crippen molar-refractivity contribution in [3.8, 4) is 0 Å². The van der Waals surface area contributed by atoms with E-state index in [1.807, 2.05) is 0 Å². The average molecular weight is 238 g/mol. The van der Waals surface area contributed by atoms with E-state index in [1.54, 1.807) is 0 Å². The van der Waals surface area contributed by atoms with Crippen LogP contribution in [0, 0.1) is 5.92 Å². The summed E-state index contributed by atoms with van der Waals surface area (Å²) in [5.41, 5.74) is 2.90. The lowest BCUT2D eigenvalue weighted by molar-refractivity contribution is 0.350. The number of aryl methyl sites for hydroxylation is 1. The molecule has 1 aromatic carbocycles. The molecule has 1 aliphatic rings. The van der Waals surface area contributed by atoms with E-state index in [0.29, 0.717) is 5.92 Å². The Morgan fingerprint density at radius 2 is 2.00 bits per heavy atom. The van der Waals surface area contributed by atoms with E-state index in [0.717, 1.165) is 6.54 Å². The van der Waals surface area contributed by atoms with Gasteiger partial charge in [-0.2, -0.15) is 0 Å². The predicted octanol–water partition coefficient (Wildman–Crippen LogP) is 3.25. The van der Waals surface area contributed by atoms with Gasteiger partial charge in [0.1, 0.15) is 0 Å². The van der Waals surface area contributed by atoms with Crippen LogP contribution in [-0.4, -0.2) is 25.5 Å². The van der Waals surface area contributed by atoms with E-state index in [-0.39, 0.29) is 12.4 Å². The molecule has 1 atom stereocenters. The summed E-state index contributed by atoms with van der Waals surface area (Å²) in [6, 6.07) is 8.72. The van der Waals surface area contributed by atoms with Crippen molar-refractivity contribution in [2.75, 3.05) is 20.6 Å². The number of hydrogen-bond donors (Lipinski definition) is 0. The van der Waals surface area contributed by atoms with Crippen molar-refractivity contribution in [1.82, 2.24) is 4.90 Å². The van der Waals surface area contributed by atoms with Gasteiger partial charge in [-0.15, -0.1) is 12.4 Å². The van der Waals surface area contributed by atoms with Gasteiger partial charge in [0.15, 0.2) is 0 Å². The zero-order chi connectivity index (χ0) is 10.7. The Kier molecular flexibility index (Phi) is 5.04. The fourth-order valence-electron chi connectivity index (χ4n) is 2.22. The van der Waals surface area contributed by atoms with Crippen molar-refractivity contribution in [2.24, 2.45) is 5.92 Å². The Balaban J connectivity index is 0.00000128. The van der Waals surface area contributed by atoms with Crippen molar-refractivity contribution >= 4 is 18.5 Å². The fourth-order valence-corrected chi connectivity index (χ4v) is 2.22. The van der Waals surface area contributed by atoms with E-state index < -0.39 is 0 Å². The minimum absolute atomic E-state index is 0. The number of benzene rings is 1. The first-order valence-corrected chi connectivity index (χ1v) is 5.66. The van der Waals surface area contributed by atoms with Crippen LogP contribution >= 0.6 is 12.4 Å². The van der Waals surface area contributed by atoms with Crippen LogP contribution in [0.5, 0.6) is 0 Å². The third-order valence-electron chi connectivity index (χ3n) is 2.99. The van der Waals surface area contributed by atoms with E-state index >= 15 is 0 Å². The zero-order valence-corrected chi connectivity index (χ0v) is 10.8. The van der Waals surface area contributed by atoms with Gasteiger partial charge in [-0.3, -0.25) is 0 Å². The molecular formula is C14H20ClN. The van der Waals surface area contributed by atoms with Gasteiger partial charge in [0, 0.05) is 6.54 Å². The Bertz CT molecular complexity index is 358. The highest BCUT2D eigenvalue weighted by Gasteiger charge is 2.11. The Morgan fingerprint density at radius 1 is 1.25 bits per heavy atom. The summed E-state index contributed by atoms with van der Waals surface area (Å²) < 4.78 is 0. The summed E-state index contributed by atoms with van der Waals surface area (Å²) in [7, 11) is 4.29. The third-order valence-corrected chi connectivity index (χ3v) is 2.99. The van der Waals surface area contributed by atoms with Gasteiger partial charge in [-0.05, 0) is 44.0 Å². The third kappa shape index (κ3) is 3.36. The van der Waals surface area contributed by atoms with E-state index in [2.05, 4.69) is 55.4 Å². The summed E-state index contributed by atoms with van der Waals surface area (Å²) in [5, 5.41) is 0. The standard InChI is InChI=1S/C14H19N.ClH/c1-15(2)11-12-7-9-13-5-3-4-6-14(13)10-8-12;/h3-7,9,12H,8,10-11H2,1-2H3;1H. The molecule has 0 amide bonds. The molecular weight excluding hydrogens is 218 g/mol. The quantitative estimate of drug-likeness (QED) is 0.764. The highest BCUT2D eigenvalue weighted by atomic mass is 35.5. The Labute approximate surface area is 105 Å². The number of nitrogens with zero attached hydrogens (tertiary/aromatic N) is 1. The Morgan fingerprint density at radius 3 is 2.75 bits per heavy atom. The lowest BCUT2D eigenvalue weighted by Gasteiger charge is -2.16. The normalized spacial score (nSPS) is 18.8. The fraction of sp³-hybridized carbons (Fsp3) is 0.429. The maximum absolute atomic E-state index is 2.37. The molecule has 0 spiro atoms. The molecule has 1 nitrogen and oxygen atoms in total. The molecule has 1 aliphatic carbocycles. The summed E-state index contributed by atoms with van der Waals surface area (Å²) in [6.07, 6.45) is 7.13. The molecule has 88 valence electrons. The lowest BCUT2D eigenvalue weighted by atomic mass is 10.0. The van der Waals surface area contributed by atoms with Crippen LogP contribution in [0.2, 0.25) is 0 Å². The van der Waals surface area contributed by atoms with Gasteiger partial charge in [0.25, 0.3) is 0 Å². The minimum atomic E-state index is 0. The molecule has 0 heterocycles. The molecule has 2 heteroatoms. The molecule has 0 saturated carbocycles. The van der Waals surface area contributed by atoms with Crippen LogP contribution in [0.1, 0.15) is 17.5 Å². The van der Waals surface area contributed by atoms with Crippen molar-refractivity contribution in [1.29, 1.82) is 0 Å². The minimum Gasteiger partial charge on any atom is -0.309 e. The van der Waals surface area contributed by atoms with Gasteiger partial charge in [0.05, 0.1) is 0 Å². The summed E-state index contributed by atoms with van der Waals surface area (Å²) in [4.78, 5) is 2.27. The second-order valence-electron chi connectivity index (χ2n) is 4.62. The highest BCUT2D eigenvalue weighted by Crippen LogP contribution is 2.22. The maximum atomic E-state index is 2.37. The van der Waals surface area contributed by atoms with E-state index in [1.165, 1.54) is 24.0 Å². The Hall–Kier alpha value is -0.790. The van der Waals surface area contributed by atoms with E-state index in [4.69, 9.17) is 0 Å². The highest BCUT2D eigenvalue weighted by molar-refractivity contribution is 5.85. The van der Waals surface area contributed by atoms with Crippen LogP contribution in [0.4, 0.5) is 0 Å². The van der Waals surface area contributed by atoms with Crippen LogP contribution < -0.4 is 0 Å². The van der Waals surface area contributed by atoms with Crippen molar-refractivity contribution in [3.05, 3.63) is 41.5 Å². The lowest BCUT2D eigenvalue weighted by Crippen LogP contribution is -2.20. The SMILES string of the molecule is CN(C)CC1C=Cc2ccccc2CC1.Cl. The largest absolute Gasteiger partial charge is 0.309 e. The predicted molar refractivity (Wildman–Crippen MR) is 73.1 cm³/mol. The molecule has 0 bridgehead atoms. The van der Waals surface area contributed by atoms with Gasteiger partial charge in [-0.1, -0.05) is 36.4 Å². The molecule has 2 rings (SSSR count). The van der Waals surface area contributed by atoms with Crippen LogP contribution in [0.15, 0.2) is 30.3 Å². The number of rotatable bonds is 2. The summed E-state index contributed by atoms with van der Waals surface area (Å²) >= 11 is 0. The first kappa shape index (κ1) is 13.3. The first-order valence-electron chi connectivity index (χ1n) is 5.66. The van der Waals surface area contributed by atoms with Crippen molar-refractivity contribution in [3.63, 3.8) is 0 Å². The molecule has 0 N–H and O–H groups in total. The molecule has 0 fully saturated rings. The molecule has 0 saturated heterocycles. The summed E-state index contributed by atoms with van der Waals surface area (Å²) in [6.45, 7) is 1.16. The van der Waals surface area contributed by atoms with Gasteiger partial charge in [-0.25, -0.2) is 0 Å². The van der Waals surface area contributed by atoms with E-state index in [9.17, 15) is 0 Å². The topological polar surface area (TPSA) is 3.24 Å². The van der Waals surface area contributed by atoms with Gasteiger partial charge in [0.2, 0.25) is 0 Å². The van der Waals surface area contributed by atoms with Gasteiger partial charge >= 0.3 is 0 Å². The second-order valence-corrected chi connectivity index (χ2v) is 4.62.